The largest absolute Gasteiger partial charge is 0.380 e. The standard InChI is InChI=1S/C11H21NO/c1-11(2)6-3-4-10(11)12-9-5-7-13-8-9/h9-10,12H,3-8H2,1-2H3. The summed E-state index contributed by atoms with van der Waals surface area (Å²) in [6, 6.07) is 1.35. The van der Waals surface area contributed by atoms with Gasteiger partial charge in [0.1, 0.15) is 0 Å². The fourth-order valence-electron chi connectivity index (χ4n) is 2.59. The number of nitrogens with one attached hydrogen (secondary N) is 1. The van der Waals surface area contributed by atoms with Crippen molar-refractivity contribution in [2.45, 2.75) is 51.6 Å². The van der Waals surface area contributed by atoms with Crippen molar-refractivity contribution in [1.29, 1.82) is 0 Å². The van der Waals surface area contributed by atoms with Gasteiger partial charge in [0.2, 0.25) is 0 Å². The van der Waals surface area contributed by atoms with Gasteiger partial charge in [-0.2, -0.15) is 0 Å². The predicted molar refractivity (Wildman–Crippen MR) is 53.8 cm³/mol. The number of hydrogen-bond donors (Lipinski definition) is 1. The minimum absolute atomic E-state index is 0.503. The van der Waals surface area contributed by atoms with Crippen LogP contribution in [0.3, 0.4) is 0 Å². The highest BCUT2D eigenvalue weighted by atomic mass is 16.5. The van der Waals surface area contributed by atoms with Gasteiger partial charge in [-0.3, -0.25) is 0 Å². The van der Waals surface area contributed by atoms with Crippen LogP contribution in [-0.2, 0) is 4.74 Å². The summed E-state index contributed by atoms with van der Waals surface area (Å²) in [4.78, 5) is 0. The SMILES string of the molecule is CC1(C)CCCC1NC1CCOC1. The van der Waals surface area contributed by atoms with E-state index in [1.54, 1.807) is 0 Å². The zero-order chi connectivity index (χ0) is 9.31. The molecule has 1 aliphatic heterocycles. The molecule has 2 rings (SSSR count). The molecule has 0 radical (unpaired) electrons. The molecule has 2 unspecified atom stereocenters. The number of rotatable bonds is 2. The molecule has 2 aliphatic rings. The molecule has 0 aromatic rings. The molecule has 76 valence electrons. The normalized spacial score (nSPS) is 38.3. The van der Waals surface area contributed by atoms with Gasteiger partial charge in [0, 0.05) is 18.7 Å². The second-order valence-corrected chi connectivity index (χ2v) is 5.16. The highest BCUT2D eigenvalue weighted by Crippen LogP contribution is 2.37. The van der Waals surface area contributed by atoms with E-state index in [0.717, 1.165) is 19.3 Å². The molecule has 0 spiro atoms. The van der Waals surface area contributed by atoms with E-state index < -0.39 is 0 Å². The zero-order valence-corrected chi connectivity index (χ0v) is 8.81. The van der Waals surface area contributed by atoms with Crippen LogP contribution in [0.1, 0.15) is 39.5 Å². The van der Waals surface area contributed by atoms with Crippen LogP contribution in [0.5, 0.6) is 0 Å². The lowest BCUT2D eigenvalue weighted by molar-refractivity contribution is 0.181. The Morgan fingerprint density at radius 1 is 1.31 bits per heavy atom. The summed E-state index contributed by atoms with van der Waals surface area (Å²) in [6.07, 6.45) is 5.31. The van der Waals surface area contributed by atoms with Crippen molar-refractivity contribution in [2.75, 3.05) is 13.2 Å². The molecule has 0 aromatic carbocycles. The second kappa shape index (κ2) is 3.58. The van der Waals surface area contributed by atoms with E-state index >= 15 is 0 Å². The van der Waals surface area contributed by atoms with E-state index in [9.17, 15) is 0 Å². The Kier molecular flexibility index (Phi) is 2.61. The summed E-state index contributed by atoms with van der Waals surface area (Å²) in [5, 5.41) is 3.74. The van der Waals surface area contributed by atoms with Gasteiger partial charge in [-0.1, -0.05) is 20.3 Å². The molecule has 1 saturated heterocycles. The molecule has 2 heteroatoms. The first-order valence-electron chi connectivity index (χ1n) is 5.52. The van der Waals surface area contributed by atoms with E-state index in [0.29, 0.717) is 11.5 Å². The number of ether oxygens (including phenoxy) is 1. The Labute approximate surface area is 81.0 Å². The third-order valence-electron chi connectivity index (χ3n) is 3.62. The van der Waals surface area contributed by atoms with Crippen LogP contribution in [0.25, 0.3) is 0 Å². The van der Waals surface area contributed by atoms with Gasteiger partial charge in [0.15, 0.2) is 0 Å². The first-order chi connectivity index (χ1) is 6.18. The van der Waals surface area contributed by atoms with Crippen LogP contribution in [0.2, 0.25) is 0 Å². The Bertz CT molecular complexity index is 173. The Hall–Kier alpha value is -0.0800. The molecule has 2 atom stereocenters. The van der Waals surface area contributed by atoms with Crippen molar-refractivity contribution in [3.63, 3.8) is 0 Å². The van der Waals surface area contributed by atoms with Crippen molar-refractivity contribution in [1.82, 2.24) is 5.32 Å². The summed E-state index contributed by atoms with van der Waals surface area (Å²) < 4.78 is 5.37. The van der Waals surface area contributed by atoms with E-state index in [1.807, 2.05) is 0 Å². The Morgan fingerprint density at radius 3 is 2.69 bits per heavy atom. The fourth-order valence-corrected chi connectivity index (χ4v) is 2.59. The van der Waals surface area contributed by atoms with Gasteiger partial charge in [-0.15, -0.1) is 0 Å². The highest BCUT2D eigenvalue weighted by molar-refractivity contribution is 4.92. The lowest BCUT2D eigenvalue weighted by atomic mass is 9.87. The van der Waals surface area contributed by atoms with Crippen LogP contribution >= 0.6 is 0 Å². The van der Waals surface area contributed by atoms with Crippen molar-refractivity contribution in [3.8, 4) is 0 Å². The zero-order valence-electron chi connectivity index (χ0n) is 8.81. The lowest BCUT2D eigenvalue weighted by Crippen LogP contribution is -2.44. The van der Waals surface area contributed by atoms with Crippen molar-refractivity contribution in [2.24, 2.45) is 5.41 Å². The topological polar surface area (TPSA) is 21.3 Å². The summed E-state index contributed by atoms with van der Waals surface area (Å²) in [7, 11) is 0. The van der Waals surface area contributed by atoms with Gasteiger partial charge >= 0.3 is 0 Å². The van der Waals surface area contributed by atoms with E-state index in [-0.39, 0.29) is 0 Å². The van der Waals surface area contributed by atoms with Crippen molar-refractivity contribution >= 4 is 0 Å². The minimum Gasteiger partial charge on any atom is -0.380 e. The van der Waals surface area contributed by atoms with Crippen LogP contribution in [0, 0.1) is 5.41 Å². The van der Waals surface area contributed by atoms with Crippen LogP contribution in [0.15, 0.2) is 0 Å². The third-order valence-corrected chi connectivity index (χ3v) is 3.62. The maximum Gasteiger partial charge on any atom is 0.0620 e. The van der Waals surface area contributed by atoms with E-state index in [4.69, 9.17) is 4.74 Å². The molecule has 1 saturated carbocycles. The molecule has 0 bridgehead atoms. The molecule has 0 aromatic heterocycles. The van der Waals surface area contributed by atoms with Crippen LogP contribution in [0.4, 0.5) is 0 Å². The second-order valence-electron chi connectivity index (χ2n) is 5.16. The van der Waals surface area contributed by atoms with Crippen molar-refractivity contribution < 1.29 is 4.74 Å². The quantitative estimate of drug-likeness (QED) is 0.706. The van der Waals surface area contributed by atoms with Gasteiger partial charge < -0.3 is 10.1 Å². The van der Waals surface area contributed by atoms with Crippen LogP contribution < -0.4 is 5.32 Å². The summed E-state index contributed by atoms with van der Waals surface area (Å²) in [5.74, 6) is 0. The predicted octanol–water partition coefficient (Wildman–Crippen LogP) is 1.94. The molecule has 2 nitrogen and oxygen atoms in total. The van der Waals surface area contributed by atoms with Crippen molar-refractivity contribution in [3.05, 3.63) is 0 Å². The highest BCUT2D eigenvalue weighted by Gasteiger charge is 2.35. The smallest absolute Gasteiger partial charge is 0.0620 e. The minimum atomic E-state index is 0.503. The summed E-state index contributed by atoms with van der Waals surface area (Å²) >= 11 is 0. The number of hydrogen-bond acceptors (Lipinski definition) is 2. The van der Waals surface area contributed by atoms with Crippen LogP contribution in [-0.4, -0.2) is 25.3 Å². The molecule has 1 aliphatic carbocycles. The fraction of sp³-hybridized carbons (Fsp3) is 1.00. The maximum absolute atomic E-state index is 5.37. The average Bonchev–Trinajstić information content (AvgIpc) is 2.63. The molecular formula is C11H21NO. The molecule has 13 heavy (non-hydrogen) atoms. The first-order valence-corrected chi connectivity index (χ1v) is 5.52. The molecule has 1 N–H and O–H groups in total. The first kappa shape index (κ1) is 9.47. The van der Waals surface area contributed by atoms with E-state index in [2.05, 4.69) is 19.2 Å². The third kappa shape index (κ3) is 2.05. The Balaban J connectivity index is 1.86. The monoisotopic (exact) mass is 183 g/mol. The van der Waals surface area contributed by atoms with Gasteiger partial charge in [-0.05, 0) is 24.7 Å². The molecule has 0 amide bonds. The lowest BCUT2D eigenvalue weighted by Gasteiger charge is -2.30. The Morgan fingerprint density at radius 2 is 2.15 bits per heavy atom. The molecular weight excluding hydrogens is 162 g/mol. The summed E-state index contributed by atoms with van der Waals surface area (Å²) in [5.41, 5.74) is 0.503. The van der Waals surface area contributed by atoms with Gasteiger partial charge in [-0.25, -0.2) is 0 Å². The summed E-state index contributed by atoms with van der Waals surface area (Å²) in [6.45, 7) is 6.64. The molecule has 1 heterocycles. The van der Waals surface area contributed by atoms with Gasteiger partial charge in [0.05, 0.1) is 6.61 Å². The van der Waals surface area contributed by atoms with E-state index in [1.165, 1.54) is 25.7 Å². The maximum atomic E-state index is 5.37. The molecule has 2 fully saturated rings. The van der Waals surface area contributed by atoms with Gasteiger partial charge in [0.25, 0.3) is 0 Å². The average molecular weight is 183 g/mol.